The van der Waals surface area contributed by atoms with E-state index in [9.17, 15) is 4.79 Å². The van der Waals surface area contributed by atoms with E-state index in [0.29, 0.717) is 0 Å². The molecule has 0 aromatic heterocycles. The summed E-state index contributed by atoms with van der Waals surface area (Å²) < 4.78 is 0. The molecule has 1 N–H and O–H groups in total. The lowest BCUT2D eigenvalue weighted by Crippen LogP contribution is -2.31. The second-order valence-corrected chi connectivity index (χ2v) is 7.10. The van der Waals surface area contributed by atoms with Crippen LogP contribution in [0.25, 0.3) is 0 Å². The van der Waals surface area contributed by atoms with E-state index >= 15 is 0 Å². The quantitative estimate of drug-likeness (QED) is 0.705. The van der Waals surface area contributed by atoms with Crippen LogP contribution in [-0.2, 0) is 10.2 Å². The fourth-order valence-electron chi connectivity index (χ4n) is 3.99. The highest BCUT2D eigenvalue weighted by molar-refractivity contribution is 5.86. The molecule has 0 spiro atoms. The highest BCUT2D eigenvalue weighted by atomic mass is 16.2. The summed E-state index contributed by atoms with van der Waals surface area (Å²) in [6.45, 7) is 2.04. The van der Waals surface area contributed by atoms with Crippen LogP contribution in [0.4, 0.5) is 0 Å². The molecule has 3 aromatic rings. The summed E-state index contributed by atoms with van der Waals surface area (Å²) in [7, 11) is 0. The number of hydrogen-bond donors (Lipinski definition) is 1. The molecule has 2 atom stereocenters. The van der Waals surface area contributed by atoms with Crippen LogP contribution in [0, 0.1) is 5.92 Å². The van der Waals surface area contributed by atoms with Gasteiger partial charge in [-0.3, -0.25) is 4.79 Å². The number of hydrogen-bond acceptors (Lipinski definition) is 1. The van der Waals surface area contributed by atoms with Gasteiger partial charge in [0.15, 0.2) is 0 Å². The molecule has 0 heterocycles. The summed E-state index contributed by atoms with van der Waals surface area (Å²) in [4.78, 5) is 13.0. The average molecular weight is 341 g/mol. The zero-order chi connectivity index (χ0) is 18.0. The van der Waals surface area contributed by atoms with Crippen molar-refractivity contribution in [1.29, 1.82) is 0 Å². The van der Waals surface area contributed by atoms with Gasteiger partial charge in [-0.2, -0.15) is 0 Å². The second kappa shape index (κ2) is 6.80. The van der Waals surface area contributed by atoms with Gasteiger partial charge in [-0.15, -0.1) is 0 Å². The summed E-state index contributed by atoms with van der Waals surface area (Å²) in [6, 6.07) is 31.0. The number of benzene rings is 3. The largest absolute Gasteiger partial charge is 0.349 e. The van der Waals surface area contributed by atoms with Gasteiger partial charge < -0.3 is 5.32 Å². The smallest absolute Gasteiger partial charge is 0.224 e. The predicted octanol–water partition coefficient (Wildman–Crippen LogP) is 4.87. The summed E-state index contributed by atoms with van der Waals surface area (Å²) in [6.07, 6.45) is 0.856. The molecule has 0 saturated heterocycles. The molecule has 3 aromatic carbocycles. The number of amides is 1. The summed E-state index contributed by atoms with van der Waals surface area (Å²) in [5.41, 5.74) is 3.37. The Kier molecular flexibility index (Phi) is 4.34. The van der Waals surface area contributed by atoms with Crippen molar-refractivity contribution in [3.63, 3.8) is 0 Å². The molecule has 0 radical (unpaired) electrons. The maximum absolute atomic E-state index is 13.0. The highest BCUT2D eigenvalue weighted by Gasteiger charge is 2.60. The van der Waals surface area contributed by atoms with E-state index < -0.39 is 0 Å². The van der Waals surface area contributed by atoms with Crippen molar-refractivity contribution in [1.82, 2.24) is 5.32 Å². The van der Waals surface area contributed by atoms with Crippen molar-refractivity contribution in [2.45, 2.75) is 24.8 Å². The van der Waals surface area contributed by atoms with Crippen LogP contribution in [0.5, 0.6) is 0 Å². The summed E-state index contributed by atoms with van der Waals surface area (Å²) in [5, 5.41) is 3.21. The molecule has 4 rings (SSSR count). The van der Waals surface area contributed by atoms with Crippen molar-refractivity contribution in [2.75, 3.05) is 0 Å². The third-order valence-corrected chi connectivity index (χ3v) is 5.51. The van der Waals surface area contributed by atoms with Crippen LogP contribution < -0.4 is 5.32 Å². The predicted molar refractivity (Wildman–Crippen MR) is 105 cm³/mol. The Labute approximate surface area is 154 Å². The minimum absolute atomic E-state index is 0.00791. The molecule has 1 aliphatic carbocycles. The van der Waals surface area contributed by atoms with Gasteiger partial charge in [0, 0.05) is 5.41 Å². The minimum Gasteiger partial charge on any atom is -0.349 e. The Morgan fingerprint density at radius 3 is 1.81 bits per heavy atom. The van der Waals surface area contributed by atoms with Crippen molar-refractivity contribution in [3.05, 3.63) is 108 Å². The first-order valence-corrected chi connectivity index (χ1v) is 9.18. The zero-order valence-corrected chi connectivity index (χ0v) is 14.9. The maximum Gasteiger partial charge on any atom is 0.224 e. The van der Waals surface area contributed by atoms with E-state index in [-0.39, 0.29) is 23.3 Å². The maximum atomic E-state index is 13.0. The van der Waals surface area contributed by atoms with Crippen molar-refractivity contribution in [2.24, 2.45) is 5.92 Å². The molecule has 1 amide bonds. The molecule has 130 valence electrons. The van der Waals surface area contributed by atoms with E-state index in [1.165, 1.54) is 11.1 Å². The van der Waals surface area contributed by atoms with Crippen LogP contribution >= 0.6 is 0 Å². The van der Waals surface area contributed by atoms with Gasteiger partial charge in [0.1, 0.15) is 0 Å². The molecule has 0 aliphatic heterocycles. The molecule has 1 fully saturated rings. The Morgan fingerprint density at radius 1 is 0.846 bits per heavy atom. The summed E-state index contributed by atoms with van der Waals surface area (Å²) >= 11 is 0. The van der Waals surface area contributed by atoms with Crippen molar-refractivity contribution in [3.8, 4) is 0 Å². The molecule has 2 nitrogen and oxygen atoms in total. The standard InChI is InChI=1S/C24H23NO/c1-18(19-11-5-2-6-12-19)25-23(26)22-17-24(22,20-13-7-3-8-14-20)21-15-9-4-10-16-21/h2-16,18,22H,17H2,1H3,(H,25,26). The topological polar surface area (TPSA) is 29.1 Å². The van der Waals surface area contributed by atoms with Crippen LogP contribution in [-0.4, -0.2) is 5.91 Å². The molecule has 26 heavy (non-hydrogen) atoms. The number of rotatable bonds is 5. The number of nitrogens with one attached hydrogen (secondary N) is 1. The van der Waals surface area contributed by atoms with E-state index in [1.807, 2.05) is 37.3 Å². The van der Waals surface area contributed by atoms with Crippen LogP contribution in [0.3, 0.4) is 0 Å². The van der Waals surface area contributed by atoms with Gasteiger partial charge in [-0.25, -0.2) is 0 Å². The SMILES string of the molecule is CC(NC(=O)C1CC1(c1ccccc1)c1ccccc1)c1ccccc1. The molecule has 1 aliphatic rings. The first-order chi connectivity index (χ1) is 12.7. The molecule has 1 saturated carbocycles. The van der Waals surface area contributed by atoms with Gasteiger partial charge in [0.05, 0.1) is 12.0 Å². The van der Waals surface area contributed by atoms with Crippen molar-refractivity contribution >= 4 is 5.91 Å². The average Bonchev–Trinajstić information content (AvgIpc) is 3.47. The number of carbonyl (C=O) groups excluding carboxylic acids is 1. The first-order valence-electron chi connectivity index (χ1n) is 9.18. The normalized spacial score (nSPS) is 18.7. The molecule has 0 bridgehead atoms. The molecular weight excluding hydrogens is 318 g/mol. The molecule has 2 heteroatoms. The Bertz CT molecular complexity index is 834. The fourth-order valence-corrected chi connectivity index (χ4v) is 3.99. The molecule has 2 unspecified atom stereocenters. The Morgan fingerprint density at radius 2 is 1.31 bits per heavy atom. The Hall–Kier alpha value is -2.87. The van der Waals surface area contributed by atoms with Crippen molar-refractivity contribution < 1.29 is 4.79 Å². The second-order valence-electron chi connectivity index (χ2n) is 7.10. The van der Waals surface area contributed by atoms with Gasteiger partial charge >= 0.3 is 0 Å². The first kappa shape index (κ1) is 16.6. The third kappa shape index (κ3) is 2.92. The fraction of sp³-hybridized carbons (Fsp3) is 0.208. The molecular formula is C24H23NO. The van der Waals surface area contributed by atoms with E-state index in [0.717, 1.165) is 12.0 Å². The third-order valence-electron chi connectivity index (χ3n) is 5.51. The van der Waals surface area contributed by atoms with Crippen LogP contribution in [0.2, 0.25) is 0 Å². The lowest BCUT2D eigenvalue weighted by atomic mass is 9.85. The number of carbonyl (C=O) groups is 1. The summed E-state index contributed by atoms with van der Waals surface area (Å²) in [5.74, 6) is 0.104. The Balaban J connectivity index is 1.60. The van der Waals surface area contributed by atoms with E-state index in [1.54, 1.807) is 0 Å². The van der Waals surface area contributed by atoms with E-state index in [2.05, 4.69) is 66.0 Å². The van der Waals surface area contributed by atoms with Crippen LogP contribution in [0.15, 0.2) is 91.0 Å². The van der Waals surface area contributed by atoms with Gasteiger partial charge in [-0.05, 0) is 30.0 Å². The zero-order valence-electron chi connectivity index (χ0n) is 14.9. The van der Waals surface area contributed by atoms with Gasteiger partial charge in [-0.1, -0.05) is 91.0 Å². The highest BCUT2D eigenvalue weighted by Crippen LogP contribution is 2.59. The minimum atomic E-state index is -0.205. The van der Waals surface area contributed by atoms with Gasteiger partial charge in [0.25, 0.3) is 0 Å². The lowest BCUT2D eigenvalue weighted by Gasteiger charge is -2.20. The monoisotopic (exact) mass is 341 g/mol. The van der Waals surface area contributed by atoms with E-state index in [4.69, 9.17) is 0 Å². The lowest BCUT2D eigenvalue weighted by molar-refractivity contribution is -0.123. The van der Waals surface area contributed by atoms with Gasteiger partial charge in [0.2, 0.25) is 5.91 Å². The van der Waals surface area contributed by atoms with Crippen LogP contribution in [0.1, 0.15) is 36.1 Å².